The van der Waals surface area contributed by atoms with Crippen LogP contribution in [0.25, 0.3) is 0 Å². The summed E-state index contributed by atoms with van der Waals surface area (Å²) in [5.74, 6) is 2.32. The van der Waals surface area contributed by atoms with Crippen molar-refractivity contribution in [3.63, 3.8) is 0 Å². The molecule has 0 unspecified atom stereocenters. The first kappa shape index (κ1) is 20.5. The largest absolute Gasteiger partial charge is 0.494 e. The summed E-state index contributed by atoms with van der Waals surface area (Å²) >= 11 is 0. The van der Waals surface area contributed by atoms with E-state index in [1.807, 2.05) is 48.5 Å². The molecule has 0 spiro atoms. The predicted molar refractivity (Wildman–Crippen MR) is 117 cm³/mol. The lowest BCUT2D eigenvalue weighted by atomic mass is 9.80. The monoisotopic (exact) mass is 406 g/mol. The number of carbonyl (C=O) groups excluding carboxylic acids is 2. The van der Waals surface area contributed by atoms with Crippen molar-refractivity contribution in [1.82, 2.24) is 5.32 Å². The molecule has 2 amide bonds. The third-order valence-electron chi connectivity index (χ3n) is 6.25. The molecule has 2 aromatic carbocycles. The molecule has 30 heavy (non-hydrogen) atoms. The first-order chi connectivity index (χ1) is 14.7. The molecule has 4 rings (SSSR count). The van der Waals surface area contributed by atoms with E-state index in [-0.39, 0.29) is 11.8 Å². The molecule has 1 heterocycles. The van der Waals surface area contributed by atoms with Gasteiger partial charge in [-0.2, -0.15) is 0 Å². The quantitative estimate of drug-likeness (QED) is 0.693. The van der Waals surface area contributed by atoms with Crippen molar-refractivity contribution >= 4 is 17.5 Å². The summed E-state index contributed by atoms with van der Waals surface area (Å²) in [6.07, 6.45) is 6.64. The molecular weight excluding hydrogens is 376 g/mol. The number of amides is 2. The topological polar surface area (TPSA) is 67.4 Å². The molecule has 1 aliphatic carbocycles. The number of hydrogen-bond acceptors (Lipinski definition) is 3. The van der Waals surface area contributed by atoms with E-state index in [1.165, 1.54) is 25.7 Å². The average molecular weight is 407 g/mol. The summed E-state index contributed by atoms with van der Waals surface area (Å²) in [4.78, 5) is 23.8. The van der Waals surface area contributed by atoms with E-state index >= 15 is 0 Å². The van der Waals surface area contributed by atoms with Gasteiger partial charge < -0.3 is 15.4 Å². The number of ether oxygens (including phenoxy) is 1. The van der Waals surface area contributed by atoms with Crippen molar-refractivity contribution in [3.8, 4) is 5.75 Å². The Hall–Kier alpha value is -2.82. The van der Waals surface area contributed by atoms with Crippen LogP contribution in [0.3, 0.4) is 0 Å². The standard InChI is InChI=1S/C25H30N2O3/c28-24(15-20-10-11-23-21(14-20)16-25(29)27-23)26-17-19-8-6-18(7-9-19)12-13-30-22-4-2-1-3-5-22/h1-5,10-11,14,18-19H,6-9,12-13,15-17H2,(H,26,28)(H,27,29). The molecule has 1 saturated carbocycles. The first-order valence-electron chi connectivity index (χ1n) is 11.0. The maximum atomic E-state index is 12.3. The minimum absolute atomic E-state index is 0.0221. The maximum Gasteiger partial charge on any atom is 0.228 e. The molecular formula is C25H30N2O3. The summed E-state index contributed by atoms with van der Waals surface area (Å²) in [7, 11) is 0. The SMILES string of the molecule is O=C(Cc1ccc2c(c1)CC(=O)N2)NCC1CCC(CCOc2ccccc2)CC1. The van der Waals surface area contributed by atoms with E-state index in [0.717, 1.165) is 48.1 Å². The molecule has 0 bridgehead atoms. The smallest absolute Gasteiger partial charge is 0.228 e. The molecule has 1 fully saturated rings. The van der Waals surface area contributed by atoms with Crippen LogP contribution in [0.15, 0.2) is 48.5 Å². The van der Waals surface area contributed by atoms with E-state index in [1.54, 1.807) is 0 Å². The Morgan fingerprint density at radius 2 is 1.80 bits per heavy atom. The average Bonchev–Trinajstić information content (AvgIpc) is 3.13. The third-order valence-corrected chi connectivity index (χ3v) is 6.25. The van der Waals surface area contributed by atoms with Crippen molar-refractivity contribution in [2.45, 2.75) is 44.9 Å². The van der Waals surface area contributed by atoms with Crippen LogP contribution in [0.2, 0.25) is 0 Å². The van der Waals surface area contributed by atoms with E-state index in [0.29, 0.717) is 18.8 Å². The zero-order valence-electron chi connectivity index (χ0n) is 17.4. The molecule has 0 aromatic heterocycles. The Morgan fingerprint density at radius 1 is 1.03 bits per heavy atom. The zero-order chi connectivity index (χ0) is 20.8. The molecule has 0 atom stereocenters. The predicted octanol–water partition coefficient (Wildman–Crippen LogP) is 4.12. The minimum Gasteiger partial charge on any atom is -0.494 e. The van der Waals surface area contributed by atoms with Gasteiger partial charge in [0.15, 0.2) is 0 Å². The van der Waals surface area contributed by atoms with Gasteiger partial charge in [-0.25, -0.2) is 0 Å². The van der Waals surface area contributed by atoms with Crippen LogP contribution < -0.4 is 15.4 Å². The molecule has 2 N–H and O–H groups in total. The number of para-hydroxylation sites is 1. The van der Waals surface area contributed by atoms with Gasteiger partial charge in [-0.3, -0.25) is 9.59 Å². The number of rotatable bonds is 8. The number of anilines is 1. The second-order valence-electron chi connectivity index (χ2n) is 8.53. The van der Waals surface area contributed by atoms with Gasteiger partial charge in [0.1, 0.15) is 5.75 Å². The Balaban J connectivity index is 1.12. The van der Waals surface area contributed by atoms with Crippen molar-refractivity contribution < 1.29 is 14.3 Å². The fourth-order valence-electron chi connectivity index (χ4n) is 4.48. The highest BCUT2D eigenvalue weighted by atomic mass is 16.5. The third kappa shape index (κ3) is 5.62. The van der Waals surface area contributed by atoms with Gasteiger partial charge in [0.05, 0.1) is 19.4 Å². The molecule has 2 aliphatic rings. The number of nitrogens with one attached hydrogen (secondary N) is 2. The molecule has 0 saturated heterocycles. The second kappa shape index (κ2) is 9.79. The number of fused-ring (bicyclic) bond motifs is 1. The zero-order valence-corrected chi connectivity index (χ0v) is 17.4. The molecule has 2 aromatic rings. The fraction of sp³-hybridized carbons (Fsp3) is 0.440. The lowest BCUT2D eigenvalue weighted by Gasteiger charge is -2.28. The summed E-state index contributed by atoms with van der Waals surface area (Å²) in [6, 6.07) is 15.8. The van der Waals surface area contributed by atoms with E-state index in [9.17, 15) is 9.59 Å². The molecule has 0 radical (unpaired) electrons. The van der Waals surface area contributed by atoms with Crippen LogP contribution in [0.1, 0.15) is 43.2 Å². The first-order valence-corrected chi connectivity index (χ1v) is 11.0. The molecule has 1 aliphatic heterocycles. The van der Waals surface area contributed by atoms with Gasteiger partial charge in [-0.1, -0.05) is 30.3 Å². The summed E-state index contributed by atoms with van der Waals surface area (Å²) < 4.78 is 5.83. The lowest BCUT2D eigenvalue weighted by Crippen LogP contribution is -2.32. The highest BCUT2D eigenvalue weighted by Gasteiger charge is 2.22. The second-order valence-corrected chi connectivity index (χ2v) is 8.53. The highest BCUT2D eigenvalue weighted by molar-refractivity contribution is 5.99. The molecule has 5 heteroatoms. The van der Waals surface area contributed by atoms with Crippen molar-refractivity contribution in [3.05, 3.63) is 59.7 Å². The lowest BCUT2D eigenvalue weighted by molar-refractivity contribution is -0.120. The Bertz CT molecular complexity index is 873. The normalized spacial score (nSPS) is 20.3. The Morgan fingerprint density at radius 3 is 2.60 bits per heavy atom. The molecule has 158 valence electrons. The van der Waals surface area contributed by atoms with Crippen LogP contribution >= 0.6 is 0 Å². The van der Waals surface area contributed by atoms with Crippen LogP contribution in [-0.2, 0) is 22.4 Å². The number of carbonyl (C=O) groups is 2. The Labute approximate surface area is 178 Å². The van der Waals surface area contributed by atoms with Gasteiger partial charge >= 0.3 is 0 Å². The van der Waals surface area contributed by atoms with Crippen LogP contribution in [-0.4, -0.2) is 25.0 Å². The highest BCUT2D eigenvalue weighted by Crippen LogP contribution is 2.30. The summed E-state index contributed by atoms with van der Waals surface area (Å²) in [5.41, 5.74) is 2.82. The van der Waals surface area contributed by atoms with Crippen molar-refractivity contribution in [2.75, 3.05) is 18.5 Å². The fourth-order valence-corrected chi connectivity index (χ4v) is 4.48. The minimum atomic E-state index is 0.0221. The van der Waals surface area contributed by atoms with Gasteiger partial charge in [0.25, 0.3) is 0 Å². The van der Waals surface area contributed by atoms with Gasteiger partial charge in [-0.15, -0.1) is 0 Å². The van der Waals surface area contributed by atoms with Gasteiger partial charge in [0, 0.05) is 12.2 Å². The van der Waals surface area contributed by atoms with Crippen molar-refractivity contribution in [1.29, 1.82) is 0 Å². The maximum absolute atomic E-state index is 12.3. The van der Waals surface area contributed by atoms with E-state index in [2.05, 4.69) is 10.6 Å². The van der Waals surface area contributed by atoms with Gasteiger partial charge in [-0.05, 0) is 73.3 Å². The van der Waals surface area contributed by atoms with Crippen LogP contribution in [0.5, 0.6) is 5.75 Å². The van der Waals surface area contributed by atoms with Crippen LogP contribution in [0.4, 0.5) is 5.69 Å². The molecule has 5 nitrogen and oxygen atoms in total. The van der Waals surface area contributed by atoms with Crippen molar-refractivity contribution in [2.24, 2.45) is 11.8 Å². The summed E-state index contributed by atoms with van der Waals surface area (Å²) in [6.45, 7) is 1.54. The summed E-state index contributed by atoms with van der Waals surface area (Å²) in [5, 5.41) is 5.93. The number of benzene rings is 2. The van der Waals surface area contributed by atoms with E-state index in [4.69, 9.17) is 4.74 Å². The van der Waals surface area contributed by atoms with E-state index < -0.39 is 0 Å². The van der Waals surface area contributed by atoms with Gasteiger partial charge in [0.2, 0.25) is 11.8 Å². The van der Waals surface area contributed by atoms with Crippen LogP contribution in [0, 0.1) is 11.8 Å². The Kier molecular flexibility index (Phi) is 6.67. The number of hydrogen-bond donors (Lipinski definition) is 2.